The van der Waals surface area contributed by atoms with E-state index in [1.807, 2.05) is 6.92 Å². The van der Waals surface area contributed by atoms with Crippen molar-refractivity contribution >= 4 is 16.8 Å². The molecule has 0 aliphatic heterocycles. The maximum atomic E-state index is 11.0. The lowest BCUT2D eigenvalue weighted by Gasteiger charge is -1.92. The van der Waals surface area contributed by atoms with Crippen LogP contribution in [0.15, 0.2) is 11.5 Å². The number of hydrogen-bond acceptors (Lipinski definition) is 3. The third kappa shape index (κ3) is 6.09. The maximum Gasteiger partial charge on any atom is 0.331 e. The van der Waals surface area contributed by atoms with Crippen LogP contribution in [0.1, 0.15) is 19.8 Å². The number of carbonyl (C=O) groups is 1. The number of carbonyl (C=O) groups excluding carboxylic acids is 1. The maximum absolute atomic E-state index is 11.0. The van der Waals surface area contributed by atoms with Gasteiger partial charge in [0.2, 0.25) is 0 Å². The lowest BCUT2D eigenvalue weighted by molar-refractivity contribution is -0.134. The average Bonchev–Trinajstić information content (AvgIpc) is 2.10. The van der Waals surface area contributed by atoms with Gasteiger partial charge in [0.05, 0.1) is 7.11 Å². The Morgan fingerprint density at radius 2 is 2.25 bits per heavy atom. The van der Waals surface area contributed by atoms with Crippen molar-refractivity contribution in [1.82, 2.24) is 0 Å². The van der Waals surface area contributed by atoms with Gasteiger partial charge in [-0.25, -0.2) is 4.79 Å². The molecule has 0 bridgehead atoms. The summed E-state index contributed by atoms with van der Waals surface area (Å²) in [4.78, 5) is 10.5. The number of unbranched alkanes of at least 4 members (excludes halogenated alkanes) is 1. The average molecular weight is 190 g/mol. The fourth-order valence-corrected chi connectivity index (χ4v) is 1.53. The van der Waals surface area contributed by atoms with Crippen molar-refractivity contribution in [3.8, 4) is 0 Å². The summed E-state index contributed by atoms with van der Waals surface area (Å²) in [5, 5.41) is 1.38. The van der Waals surface area contributed by atoms with Crippen molar-refractivity contribution in [1.29, 1.82) is 0 Å². The molecular formula is C8H14O3S. The fourth-order valence-electron chi connectivity index (χ4n) is 0.554. The molecule has 0 amide bonds. The smallest absolute Gasteiger partial charge is 0.331 e. The van der Waals surface area contributed by atoms with E-state index >= 15 is 0 Å². The van der Waals surface area contributed by atoms with E-state index in [1.54, 1.807) is 0 Å². The first-order valence-electron chi connectivity index (χ1n) is 3.84. The van der Waals surface area contributed by atoms with Gasteiger partial charge in [-0.05, 0) is 6.42 Å². The van der Waals surface area contributed by atoms with Crippen molar-refractivity contribution < 1.29 is 13.7 Å². The standard InChI is InChI=1S/C8H14O3S/c1-3-4-6-12(10)7-5-8(9)11-2/h5,7H,3-4,6H2,1-2H3. The van der Waals surface area contributed by atoms with Gasteiger partial charge in [0.1, 0.15) is 0 Å². The van der Waals surface area contributed by atoms with Gasteiger partial charge in [0.15, 0.2) is 0 Å². The monoisotopic (exact) mass is 190 g/mol. The predicted molar refractivity (Wildman–Crippen MR) is 49.1 cm³/mol. The normalized spacial score (nSPS) is 13.2. The first-order chi connectivity index (χ1) is 5.70. The molecule has 0 heterocycles. The molecule has 0 radical (unpaired) electrons. The van der Waals surface area contributed by atoms with Crippen molar-refractivity contribution in [2.75, 3.05) is 12.9 Å². The molecule has 0 aliphatic rings. The summed E-state index contributed by atoms with van der Waals surface area (Å²) < 4.78 is 15.4. The highest BCUT2D eigenvalue weighted by molar-refractivity contribution is 7.87. The molecule has 0 saturated heterocycles. The first kappa shape index (κ1) is 11.4. The molecule has 0 aromatic heterocycles. The second-order valence-corrected chi connectivity index (χ2v) is 3.71. The Hall–Kier alpha value is -0.640. The lowest BCUT2D eigenvalue weighted by atomic mass is 10.4. The molecule has 70 valence electrons. The van der Waals surface area contributed by atoms with Gasteiger partial charge in [-0.1, -0.05) is 13.3 Å². The Balaban J connectivity index is 3.67. The van der Waals surface area contributed by atoms with Gasteiger partial charge in [-0.3, -0.25) is 4.21 Å². The Kier molecular flexibility index (Phi) is 6.66. The zero-order chi connectivity index (χ0) is 9.40. The van der Waals surface area contributed by atoms with Crippen LogP contribution < -0.4 is 0 Å². The minimum Gasteiger partial charge on any atom is -0.466 e. The highest BCUT2D eigenvalue weighted by Gasteiger charge is 1.95. The summed E-state index contributed by atoms with van der Waals surface area (Å²) in [7, 11) is 0.270. The van der Waals surface area contributed by atoms with E-state index in [4.69, 9.17) is 0 Å². The predicted octanol–water partition coefficient (Wildman–Crippen LogP) is 1.22. The van der Waals surface area contributed by atoms with E-state index in [2.05, 4.69) is 4.74 Å². The lowest BCUT2D eigenvalue weighted by Crippen LogP contribution is -1.97. The molecule has 0 aromatic carbocycles. The Bertz CT molecular complexity index is 187. The minimum atomic E-state index is -1.02. The molecule has 0 aromatic rings. The van der Waals surface area contributed by atoms with Crippen LogP contribution in [0.4, 0.5) is 0 Å². The van der Waals surface area contributed by atoms with Crippen LogP contribution in [-0.4, -0.2) is 23.0 Å². The summed E-state index contributed by atoms with van der Waals surface area (Å²) >= 11 is 0. The highest BCUT2D eigenvalue weighted by atomic mass is 32.2. The van der Waals surface area contributed by atoms with Crippen LogP contribution in [-0.2, 0) is 20.3 Å². The SMILES string of the molecule is CCCCS(=O)C=CC(=O)OC. The summed E-state index contributed by atoms with van der Waals surface area (Å²) in [5.74, 6) is 0.157. The van der Waals surface area contributed by atoms with Crippen LogP contribution in [0.2, 0.25) is 0 Å². The highest BCUT2D eigenvalue weighted by Crippen LogP contribution is 1.93. The molecular weight excluding hydrogens is 176 g/mol. The van der Waals surface area contributed by atoms with Crippen LogP contribution in [0.3, 0.4) is 0 Å². The van der Waals surface area contributed by atoms with Crippen LogP contribution in [0.25, 0.3) is 0 Å². The van der Waals surface area contributed by atoms with Gasteiger partial charge >= 0.3 is 5.97 Å². The first-order valence-corrected chi connectivity index (χ1v) is 5.22. The van der Waals surface area contributed by atoms with E-state index in [0.29, 0.717) is 5.75 Å². The zero-order valence-electron chi connectivity index (χ0n) is 7.41. The number of methoxy groups -OCH3 is 1. The number of rotatable bonds is 5. The van der Waals surface area contributed by atoms with E-state index in [9.17, 15) is 9.00 Å². The summed E-state index contributed by atoms with van der Waals surface area (Å²) in [6.45, 7) is 2.03. The van der Waals surface area contributed by atoms with Crippen molar-refractivity contribution in [2.45, 2.75) is 19.8 Å². The molecule has 0 spiro atoms. The van der Waals surface area contributed by atoms with Gasteiger partial charge in [0, 0.05) is 28.0 Å². The molecule has 12 heavy (non-hydrogen) atoms. The van der Waals surface area contributed by atoms with Crippen molar-refractivity contribution in [3.63, 3.8) is 0 Å². The zero-order valence-corrected chi connectivity index (χ0v) is 8.23. The Morgan fingerprint density at radius 1 is 1.58 bits per heavy atom. The van der Waals surface area contributed by atoms with Crippen LogP contribution >= 0.6 is 0 Å². The van der Waals surface area contributed by atoms with Gasteiger partial charge < -0.3 is 4.74 Å². The Labute approximate surface area is 75.3 Å². The number of esters is 1. The summed E-state index contributed by atoms with van der Waals surface area (Å²) in [6, 6.07) is 0. The third-order valence-corrected chi connectivity index (χ3v) is 2.39. The van der Waals surface area contributed by atoms with Gasteiger partial charge in [-0.2, -0.15) is 0 Å². The van der Waals surface area contributed by atoms with Gasteiger partial charge in [0.25, 0.3) is 0 Å². The molecule has 0 rings (SSSR count). The Morgan fingerprint density at radius 3 is 2.75 bits per heavy atom. The van der Waals surface area contributed by atoms with Gasteiger partial charge in [-0.15, -0.1) is 0 Å². The largest absolute Gasteiger partial charge is 0.466 e. The second kappa shape index (κ2) is 7.03. The van der Waals surface area contributed by atoms with E-state index in [-0.39, 0.29) is 0 Å². The molecule has 1 unspecified atom stereocenters. The molecule has 0 saturated carbocycles. The third-order valence-electron chi connectivity index (χ3n) is 1.26. The topological polar surface area (TPSA) is 43.4 Å². The summed E-state index contributed by atoms with van der Waals surface area (Å²) in [6.07, 6.45) is 3.13. The molecule has 0 N–H and O–H groups in total. The van der Waals surface area contributed by atoms with E-state index in [0.717, 1.165) is 12.8 Å². The molecule has 4 heteroatoms. The fraction of sp³-hybridized carbons (Fsp3) is 0.625. The second-order valence-electron chi connectivity index (χ2n) is 2.26. The molecule has 0 aliphatic carbocycles. The number of ether oxygens (including phenoxy) is 1. The number of hydrogen-bond donors (Lipinski definition) is 0. The molecule has 3 nitrogen and oxygen atoms in total. The van der Waals surface area contributed by atoms with Crippen LogP contribution in [0, 0.1) is 0 Å². The van der Waals surface area contributed by atoms with Crippen molar-refractivity contribution in [3.05, 3.63) is 11.5 Å². The van der Waals surface area contributed by atoms with E-state index < -0.39 is 16.8 Å². The van der Waals surface area contributed by atoms with Crippen LogP contribution in [0.5, 0.6) is 0 Å². The van der Waals surface area contributed by atoms with Crippen molar-refractivity contribution in [2.24, 2.45) is 0 Å². The summed E-state index contributed by atoms with van der Waals surface area (Å²) in [5.41, 5.74) is 0. The molecule has 0 fully saturated rings. The minimum absolute atomic E-state index is 0.458. The quantitative estimate of drug-likeness (QED) is 0.483. The van der Waals surface area contributed by atoms with E-state index in [1.165, 1.54) is 18.6 Å². The molecule has 1 atom stereocenters.